The second-order valence-electron chi connectivity index (χ2n) is 11.5. The summed E-state index contributed by atoms with van der Waals surface area (Å²) in [4.78, 5) is 36.4. The van der Waals surface area contributed by atoms with Crippen LogP contribution in [-0.4, -0.2) is 44.5 Å². The van der Waals surface area contributed by atoms with Crippen LogP contribution in [0.4, 0.5) is 0 Å². The maximum absolute atomic E-state index is 12.7. The summed E-state index contributed by atoms with van der Waals surface area (Å²) in [7, 11) is -3.87. The predicted octanol–water partition coefficient (Wildman–Crippen LogP) is 6.74. The molecule has 1 unspecified atom stereocenters. The first-order valence-corrected chi connectivity index (χ1v) is 17.6. The molecule has 0 aliphatic carbocycles. The van der Waals surface area contributed by atoms with Crippen molar-refractivity contribution < 1.29 is 23.8 Å². The number of nitrogens with zero attached hydrogens (tertiary/aromatic N) is 1. The largest absolute Gasteiger partial charge is 0.394 e. The summed E-state index contributed by atoms with van der Waals surface area (Å²) < 4.78 is 25.1. The van der Waals surface area contributed by atoms with E-state index in [1.165, 1.54) is 101 Å². The highest BCUT2D eigenvalue weighted by Crippen LogP contribution is 2.48. The molecular formula is C30H55N2O7P. The fourth-order valence-corrected chi connectivity index (χ4v) is 6.80. The molecule has 1 fully saturated rings. The van der Waals surface area contributed by atoms with Crippen molar-refractivity contribution in [3.05, 3.63) is 32.6 Å². The first kappa shape index (κ1) is 34.9. The lowest BCUT2D eigenvalue weighted by atomic mass is 10.0. The van der Waals surface area contributed by atoms with Gasteiger partial charge in [-0.2, -0.15) is 0 Å². The van der Waals surface area contributed by atoms with E-state index in [1.807, 2.05) is 0 Å². The minimum absolute atomic E-state index is 0.0583. The van der Waals surface area contributed by atoms with Crippen LogP contribution in [-0.2, 0) is 13.8 Å². The van der Waals surface area contributed by atoms with Gasteiger partial charge in [-0.3, -0.25) is 18.9 Å². The fraction of sp³-hybridized carbons (Fsp3) is 0.867. The van der Waals surface area contributed by atoms with Crippen molar-refractivity contribution in [2.75, 3.05) is 12.8 Å². The number of ether oxygens (including phenoxy) is 1. The average Bonchev–Trinajstić information content (AvgIpc) is 3.31. The zero-order valence-corrected chi connectivity index (χ0v) is 25.9. The number of hydrogen-bond donors (Lipinski definition) is 3. The van der Waals surface area contributed by atoms with Gasteiger partial charge in [0.2, 0.25) is 0 Å². The van der Waals surface area contributed by atoms with Gasteiger partial charge in [0, 0.05) is 24.3 Å². The number of rotatable bonds is 23. The highest BCUT2D eigenvalue weighted by atomic mass is 31.2. The van der Waals surface area contributed by atoms with E-state index in [0.29, 0.717) is 12.0 Å². The van der Waals surface area contributed by atoms with Gasteiger partial charge >= 0.3 is 13.3 Å². The number of aliphatic hydroxyl groups excluding tert-OH is 1. The van der Waals surface area contributed by atoms with E-state index >= 15 is 0 Å². The van der Waals surface area contributed by atoms with Gasteiger partial charge in [0.1, 0.15) is 12.3 Å². The number of aromatic amines is 1. The molecule has 2 heterocycles. The first-order chi connectivity index (χ1) is 19.3. The van der Waals surface area contributed by atoms with E-state index in [4.69, 9.17) is 9.26 Å². The van der Waals surface area contributed by atoms with Crippen LogP contribution in [0, 0.1) is 6.92 Å². The Kier molecular flexibility index (Phi) is 17.3. The van der Waals surface area contributed by atoms with Crippen molar-refractivity contribution in [3.63, 3.8) is 0 Å². The molecule has 4 atom stereocenters. The Morgan fingerprint density at radius 2 is 1.38 bits per heavy atom. The van der Waals surface area contributed by atoms with Crippen LogP contribution < -0.4 is 11.2 Å². The van der Waals surface area contributed by atoms with Crippen molar-refractivity contribution in [1.29, 1.82) is 0 Å². The van der Waals surface area contributed by atoms with Gasteiger partial charge in [-0.05, 0) is 13.3 Å². The van der Waals surface area contributed by atoms with Gasteiger partial charge in [0.15, 0.2) is 0 Å². The SMILES string of the molecule is CCCCCCCCCCCCCCCCCCCCP(=O)(O)O[C@H]1C[C@H](n2cc(C)c(=O)[nH]c2=O)O[C@@H]1CO. The lowest BCUT2D eigenvalue weighted by Crippen LogP contribution is -2.33. The van der Waals surface area contributed by atoms with E-state index in [9.17, 15) is 24.2 Å². The second kappa shape index (κ2) is 19.8. The highest BCUT2D eigenvalue weighted by Gasteiger charge is 2.40. The van der Waals surface area contributed by atoms with Crippen LogP contribution in [0.25, 0.3) is 0 Å². The molecule has 1 aliphatic heterocycles. The summed E-state index contributed by atoms with van der Waals surface area (Å²) >= 11 is 0. The quantitative estimate of drug-likeness (QED) is 0.0956. The van der Waals surface area contributed by atoms with Crippen LogP contribution in [0.2, 0.25) is 0 Å². The zero-order chi connectivity index (χ0) is 29.2. The van der Waals surface area contributed by atoms with E-state index < -0.39 is 43.9 Å². The van der Waals surface area contributed by atoms with Crippen molar-refractivity contribution in [2.24, 2.45) is 0 Å². The van der Waals surface area contributed by atoms with Crippen molar-refractivity contribution in [1.82, 2.24) is 9.55 Å². The van der Waals surface area contributed by atoms with Gasteiger partial charge in [-0.1, -0.05) is 116 Å². The first-order valence-electron chi connectivity index (χ1n) is 15.9. The Bertz CT molecular complexity index is 980. The summed E-state index contributed by atoms with van der Waals surface area (Å²) in [5.41, 5.74) is -0.770. The van der Waals surface area contributed by atoms with E-state index in [2.05, 4.69) is 11.9 Å². The summed E-state index contributed by atoms with van der Waals surface area (Å²) in [6, 6.07) is 0. The number of H-pyrrole nitrogens is 1. The third kappa shape index (κ3) is 13.6. The van der Waals surface area contributed by atoms with E-state index in [-0.39, 0.29) is 12.6 Å². The zero-order valence-electron chi connectivity index (χ0n) is 25.0. The average molecular weight is 587 g/mol. The third-order valence-corrected chi connectivity index (χ3v) is 9.39. The normalized spacial score (nSPS) is 20.6. The van der Waals surface area contributed by atoms with Gasteiger partial charge < -0.3 is 19.3 Å². The Labute approximate surface area is 240 Å². The molecule has 40 heavy (non-hydrogen) atoms. The number of aliphatic hydroxyl groups is 1. The fourth-order valence-electron chi connectivity index (χ4n) is 5.42. The minimum Gasteiger partial charge on any atom is -0.394 e. The highest BCUT2D eigenvalue weighted by molar-refractivity contribution is 7.52. The van der Waals surface area contributed by atoms with Gasteiger partial charge in [0.25, 0.3) is 5.56 Å². The number of hydrogen-bond acceptors (Lipinski definition) is 6. The molecule has 1 aromatic rings. The molecule has 0 bridgehead atoms. The molecule has 0 amide bonds. The molecule has 10 heteroatoms. The lowest BCUT2D eigenvalue weighted by Gasteiger charge is -2.20. The number of aromatic nitrogens is 2. The smallest absolute Gasteiger partial charge is 0.330 e. The van der Waals surface area contributed by atoms with Crippen LogP contribution >= 0.6 is 7.60 Å². The molecule has 2 rings (SSSR count). The van der Waals surface area contributed by atoms with Gasteiger partial charge in [-0.25, -0.2) is 4.79 Å². The lowest BCUT2D eigenvalue weighted by molar-refractivity contribution is -0.0432. The standard InChI is InChI=1S/C30H55N2O7P/c1-3-4-5-6-7-8-9-10-11-12-13-14-15-16-17-18-19-20-21-40(36,37)39-26-22-28(38-27(26)24-33)32-23-25(2)29(34)31-30(32)35/h23,26-28,33H,3-22,24H2,1-2H3,(H,36,37)(H,31,34,35)/t26-,27+,28+/m0/s1. The molecule has 232 valence electrons. The van der Waals surface area contributed by atoms with Gasteiger partial charge in [0.05, 0.1) is 12.7 Å². The Balaban J connectivity index is 1.51. The molecule has 3 N–H and O–H groups in total. The maximum Gasteiger partial charge on any atom is 0.330 e. The van der Waals surface area contributed by atoms with E-state index in [0.717, 1.165) is 19.3 Å². The van der Waals surface area contributed by atoms with Gasteiger partial charge in [-0.15, -0.1) is 0 Å². The van der Waals surface area contributed by atoms with Crippen LogP contribution in [0.5, 0.6) is 0 Å². The van der Waals surface area contributed by atoms with Crippen molar-refractivity contribution in [2.45, 2.75) is 154 Å². The molecule has 0 spiro atoms. The molecule has 1 aliphatic rings. The summed E-state index contributed by atoms with van der Waals surface area (Å²) in [6.45, 7) is 3.43. The summed E-state index contributed by atoms with van der Waals surface area (Å²) in [5.74, 6) is 0. The molecule has 1 aromatic heterocycles. The number of nitrogens with one attached hydrogen (secondary N) is 1. The van der Waals surface area contributed by atoms with Crippen molar-refractivity contribution >= 4 is 7.60 Å². The topological polar surface area (TPSA) is 131 Å². The molecular weight excluding hydrogens is 531 g/mol. The minimum atomic E-state index is -3.87. The van der Waals surface area contributed by atoms with Crippen LogP contribution in [0.3, 0.4) is 0 Å². The van der Waals surface area contributed by atoms with E-state index in [1.54, 1.807) is 6.92 Å². The monoisotopic (exact) mass is 586 g/mol. The molecule has 0 radical (unpaired) electrons. The summed E-state index contributed by atoms with van der Waals surface area (Å²) in [5, 5.41) is 9.68. The Morgan fingerprint density at radius 1 is 0.900 bits per heavy atom. The number of aryl methyl sites for hydroxylation is 1. The van der Waals surface area contributed by atoms with Crippen LogP contribution in [0.1, 0.15) is 141 Å². The maximum atomic E-state index is 12.7. The van der Waals surface area contributed by atoms with Crippen molar-refractivity contribution in [3.8, 4) is 0 Å². The molecule has 9 nitrogen and oxygen atoms in total. The third-order valence-electron chi connectivity index (χ3n) is 7.91. The Morgan fingerprint density at radius 3 is 1.85 bits per heavy atom. The molecule has 0 aromatic carbocycles. The number of unbranched alkanes of at least 4 members (excludes halogenated alkanes) is 17. The summed E-state index contributed by atoms with van der Waals surface area (Å²) in [6.07, 6.45) is 21.8. The Hall–Kier alpha value is -1.25. The van der Waals surface area contributed by atoms with Crippen LogP contribution in [0.15, 0.2) is 15.8 Å². The second-order valence-corrected chi connectivity index (χ2v) is 13.5. The molecule has 1 saturated heterocycles. The predicted molar refractivity (Wildman–Crippen MR) is 160 cm³/mol. The molecule has 0 saturated carbocycles.